The summed E-state index contributed by atoms with van der Waals surface area (Å²) in [5, 5.41) is 10.9. The number of halogens is 1. The van der Waals surface area contributed by atoms with E-state index in [1.54, 1.807) is 24.3 Å². The quantitative estimate of drug-likeness (QED) is 0.910. The van der Waals surface area contributed by atoms with Crippen molar-refractivity contribution < 1.29 is 5.11 Å². The van der Waals surface area contributed by atoms with E-state index in [1.165, 1.54) is 17.4 Å². The Balaban J connectivity index is 2.06. The Morgan fingerprint density at radius 3 is 2.52 bits per heavy atom. The molecule has 2 aromatic rings. The van der Waals surface area contributed by atoms with E-state index >= 15 is 0 Å². The fraction of sp³-hybridized carbons (Fsp3) is 0.333. The van der Waals surface area contributed by atoms with E-state index < -0.39 is 11.2 Å². The average Bonchev–Trinajstić information content (AvgIpc) is 3.24. The van der Waals surface area contributed by atoms with Crippen molar-refractivity contribution in [3.05, 3.63) is 50.1 Å². The van der Waals surface area contributed by atoms with Gasteiger partial charge in [-0.05, 0) is 30.0 Å². The highest BCUT2D eigenvalue weighted by molar-refractivity contribution is 6.30. The van der Waals surface area contributed by atoms with Crippen molar-refractivity contribution in [2.45, 2.75) is 25.8 Å². The van der Waals surface area contributed by atoms with Crippen molar-refractivity contribution >= 4 is 11.6 Å². The number of nitrogens with one attached hydrogen (secondary N) is 1. The summed E-state index contributed by atoms with van der Waals surface area (Å²) in [5.41, 5.74) is -0.543. The van der Waals surface area contributed by atoms with Crippen molar-refractivity contribution in [1.82, 2.24) is 9.55 Å². The van der Waals surface area contributed by atoms with Gasteiger partial charge in [0, 0.05) is 11.6 Å². The van der Waals surface area contributed by atoms with Crippen LogP contribution in [-0.4, -0.2) is 14.7 Å². The Morgan fingerprint density at radius 1 is 1.24 bits per heavy atom. The molecule has 6 heteroatoms. The van der Waals surface area contributed by atoms with Crippen molar-refractivity contribution in [2.75, 3.05) is 0 Å². The summed E-state index contributed by atoms with van der Waals surface area (Å²) in [5.74, 6) is 0.342. The zero-order chi connectivity index (χ0) is 15.0. The molecule has 1 aromatic carbocycles. The number of benzene rings is 1. The molecular weight excluding hydrogens is 292 g/mol. The SMILES string of the molecule is O=c1[nH]c(=O)n(CCC2CC2)c(O)c1-c1ccc(Cl)cc1. The van der Waals surface area contributed by atoms with Gasteiger partial charge in [0.15, 0.2) is 0 Å². The maximum absolute atomic E-state index is 12.0. The van der Waals surface area contributed by atoms with Crippen LogP contribution in [0.15, 0.2) is 33.9 Å². The van der Waals surface area contributed by atoms with Gasteiger partial charge in [-0.3, -0.25) is 14.3 Å². The molecule has 2 N–H and O–H groups in total. The minimum atomic E-state index is -0.595. The van der Waals surface area contributed by atoms with Crippen molar-refractivity contribution in [3.63, 3.8) is 0 Å². The lowest BCUT2D eigenvalue weighted by Gasteiger charge is -2.11. The van der Waals surface area contributed by atoms with E-state index in [-0.39, 0.29) is 11.4 Å². The first-order chi connectivity index (χ1) is 10.1. The van der Waals surface area contributed by atoms with Gasteiger partial charge in [0.1, 0.15) is 5.56 Å². The summed E-state index contributed by atoms with van der Waals surface area (Å²) in [4.78, 5) is 26.1. The number of nitrogens with zero attached hydrogens (tertiary/aromatic N) is 1. The maximum atomic E-state index is 12.0. The Hall–Kier alpha value is -2.01. The molecular formula is C15H15ClN2O3. The summed E-state index contributed by atoms with van der Waals surface area (Å²) in [6.07, 6.45) is 3.17. The molecule has 3 rings (SSSR count). The van der Waals surface area contributed by atoms with Crippen LogP contribution in [0.4, 0.5) is 0 Å². The molecule has 1 fully saturated rings. The molecule has 0 spiro atoms. The molecule has 5 nitrogen and oxygen atoms in total. The number of aromatic hydroxyl groups is 1. The number of H-pyrrole nitrogens is 1. The van der Waals surface area contributed by atoms with Crippen LogP contribution < -0.4 is 11.2 Å². The number of hydrogen-bond acceptors (Lipinski definition) is 3. The molecule has 1 heterocycles. The third-order valence-electron chi connectivity index (χ3n) is 3.76. The lowest BCUT2D eigenvalue weighted by atomic mass is 10.1. The first-order valence-electron chi connectivity index (χ1n) is 6.88. The highest BCUT2D eigenvalue weighted by atomic mass is 35.5. The van der Waals surface area contributed by atoms with Gasteiger partial charge in [-0.15, -0.1) is 0 Å². The second kappa shape index (κ2) is 5.41. The van der Waals surface area contributed by atoms with E-state index in [9.17, 15) is 14.7 Å². The van der Waals surface area contributed by atoms with Crippen molar-refractivity contribution in [1.29, 1.82) is 0 Å². The minimum Gasteiger partial charge on any atom is -0.494 e. The highest BCUT2D eigenvalue weighted by Gasteiger charge is 2.22. The normalized spacial score (nSPS) is 14.3. The van der Waals surface area contributed by atoms with Crippen LogP contribution in [0.2, 0.25) is 5.02 Å². The molecule has 1 aliphatic carbocycles. The molecule has 0 atom stereocenters. The number of hydrogen-bond donors (Lipinski definition) is 2. The summed E-state index contributed by atoms with van der Waals surface area (Å²) >= 11 is 5.82. The van der Waals surface area contributed by atoms with Gasteiger partial charge in [0.2, 0.25) is 5.88 Å². The molecule has 1 saturated carbocycles. The Bertz CT molecular complexity index is 773. The van der Waals surface area contributed by atoms with E-state index in [0.29, 0.717) is 23.0 Å². The van der Waals surface area contributed by atoms with Crippen LogP contribution in [0, 0.1) is 5.92 Å². The summed E-state index contributed by atoms with van der Waals surface area (Å²) in [6.45, 7) is 0.409. The van der Waals surface area contributed by atoms with Gasteiger partial charge in [-0.2, -0.15) is 0 Å². The zero-order valence-electron chi connectivity index (χ0n) is 11.3. The second-order valence-corrected chi connectivity index (χ2v) is 5.78. The number of aromatic amines is 1. The molecule has 0 radical (unpaired) electrons. The molecule has 0 bridgehead atoms. The fourth-order valence-electron chi connectivity index (χ4n) is 2.36. The molecule has 1 aromatic heterocycles. The predicted molar refractivity (Wildman–Crippen MR) is 80.8 cm³/mol. The van der Waals surface area contributed by atoms with E-state index in [2.05, 4.69) is 4.98 Å². The Morgan fingerprint density at radius 2 is 1.90 bits per heavy atom. The molecule has 110 valence electrons. The van der Waals surface area contributed by atoms with Crippen molar-refractivity contribution in [3.8, 4) is 17.0 Å². The summed E-state index contributed by atoms with van der Waals surface area (Å²) < 4.78 is 1.23. The lowest BCUT2D eigenvalue weighted by Crippen LogP contribution is -2.31. The van der Waals surface area contributed by atoms with Crippen LogP contribution in [0.25, 0.3) is 11.1 Å². The van der Waals surface area contributed by atoms with Gasteiger partial charge in [-0.1, -0.05) is 36.6 Å². The van der Waals surface area contributed by atoms with Crippen LogP contribution in [-0.2, 0) is 6.54 Å². The highest BCUT2D eigenvalue weighted by Crippen LogP contribution is 2.33. The predicted octanol–water partition coefficient (Wildman–Crippen LogP) is 2.36. The van der Waals surface area contributed by atoms with Crippen molar-refractivity contribution in [2.24, 2.45) is 5.92 Å². The Labute approximate surface area is 125 Å². The molecule has 0 amide bonds. The average molecular weight is 307 g/mol. The van der Waals surface area contributed by atoms with Gasteiger partial charge < -0.3 is 5.11 Å². The monoisotopic (exact) mass is 306 g/mol. The molecule has 1 aliphatic rings. The van der Waals surface area contributed by atoms with E-state index in [0.717, 1.165) is 6.42 Å². The number of rotatable bonds is 4. The fourth-order valence-corrected chi connectivity index (χ4v) is 2.49. The third kappa shape index (κ3) is 2.88. The topological polar surface area (TPSA) is 75.1 Å². The summed E-state index contributed by atoms with van der Waals surface area (Å²) in [6, 6.07) is 6.55. The Kier molecular flexibility index (Phi) is 3.59. The van der Waals surface area contributed by atoms with Gasteiger partial charge in [0.25, 0.3) is 5.56 Å². The number of aromatic nitrogens is 2. The largest absolute Gasteiger partial charge is 0.494 e. The standard InChI is InChI=1S/C15H15ClN2O3/c16-11-5-3-10(4-6-11)12-13(19)17-15(21)18(14(12)20)8-7-9-1-2-9/h3-6,9,20H,1-2,7-8H2,(H,17,19,21). The van der Waals surface area contributed by atoms with Gasteiger partial charge >= 0.3 is 5.69 Å². The molecule has 0 aliphatic heterocycles. The van der Waals surface area contributed by atoms with Crippen LogP contribution in [0.3, 0.4) is 0 Å². The first kappa shape index (κ1) is 13.9. The van der Waals surface area contributed by atoms with E-state index in [1.807, 2.05) is 0 Å². The molecule has 0 unspecified atom stereocenters. The van der Waals surface area contributed by atoms with Gasteiger partial charge in [0.05, 0.1) is 0 Å². The molecule has 0 saturated heterocycles. The van der Waals surface area contributed by atoms with Gasteiger partial charge in [-0.25, -0.2) is 4.79 Å². The smallest absolute Gasteiger partial charge is 0.331 e. The minimum absolute atomic E-state index is 0.0991. The summed E-state index contributed by atoms with van der Waals surface area (Å²) in [7, 11) is 0. The van der Waals surface area contributed by atoms with Crippen LogP contribution in [0.1, 0.15) is 19.3 Å². The second-order valence-electron chi connectivity index (χ2n) is 5.35. The first-order valence-corrected chi connectivity index (χ1v) is 7.26. The third-order valence-corrected chi connectivity index (χ3v) is 4.01. The lowest BCUT2D eigenvalue weighted by molar-refractivity contribution is 0.395. The zero-order valence-corrected chi connectivity index (χ0v) is 12.1. The van der Waals surface area contributed by atoms with Crippen LogP contribution in [0.5, 0.6) is 5.88 Å². The maximum Gasteiger partial charge on any atom is 0.331 e. The van der Waals surface area contributed by atoms with E-state index in [4.69, 9.17) is 11.6 Å². The van der Waals surface area contributed by atoms with Crippen LogP contribution >= 0.6 is 11.6 Å². The molecule has 21 heavy (non-hydrogen) atoms.